The maximum absolute atomic E-state index is 11.9. The molecule has 1 aromatic carbocycles. The number of halogens is 1. The zero-order valence-corrected chi connectivity index (χ0v) is 11.3. The van der Waals surface area contributed by atoms with Crippen LogP contribution in [0.3, 0.4) is 0 Å². The van der Waals surface area contributed by atoms with E-state index in [0.717, 1.165) is 0 Å². The zero-order valence-electron chi connectivity index (χ0n) is 10.6. The van der Waals surface area contributed by atoms with E-state index < -0.39 is 22.6 Å². The zero-order chi connectivity index (χ0) is 14.6. The first-order chi connectivity index (χ1) is 8.84. The molecule has 1 atom stereocenters. The first-order valence-electron chi connectivity index (χ1n) is 5.73. The van der Waals surface area contributed by atoms with Gasteiger partial charge in [-0.2, -0.15) is 0 Å². The average Bonchev–Trinajstić information content (AvgIpc) is 2.34. The molecular formula is C12H15ClN2O4. The number of nitro groups is 1. The van der Waals surface area contributed by atoms with Crippen molar-refractivity contribution in [3.05, 3.63) is 38.9 Å². The average molecular weight is 287 g/mol. The van der Waals surface area contributed by atoms with Crippen molar-refractivity contribution >= 4 is 23.2 Å². The molecule has 6 nitrogen and oxygen atoms in total. The van der Waals surface area contributed by atoms with Crippen LogP contribution < -0.4 is 5.32 Å². The minimum Gasteiger partial charge on any atom is -0.391 e. The number of carbonyl (C=O) groups excluding carboxylic acids is 1. The standard InChI is InChI=1S/C12H15ClN2O4/c1-7(2)10(16)6-14-12(17)8-4-3-5-9(13)11(8)15(18)19/h3-5,7,10,16H,6H2,1-2H3,(H,14,17). The van der Waals surface area contributed by atoms with Crippen molar-refractivity contribution in [1.29, 1.82) is 0 Å². The van der Waals surface area contributed by atoms with E-state index in [4.69, 9.17) is 11.6 Å². The van der Waals surface area contributed by atoms with Crippen LogP contribution in [0.2, 0.25) is 5.02 Å². The van der Waals surface area contributed by atoms with Crippen LogP contribution in [-0.4, -0.2) is 28.6 Å². The number of nitrogens with zero attached hydrogens (tertiary/aromatic N) is 1. The monoisotopic (exact) mass is 286 g/mol. The van der Waals surface area contributed by atoms with Gasteiger partial charge in [-0.3, -0.25) is 14.9 Å². The third-order valence-electron chi connectivity index (χ3n) is 2.66. The highest BCUT2D eigenvalue weighted by Gasteiger charge is 2.24. The number of amides is 1. The van der Waals surface area contributed by atoms with Crippen LogP contribution >= 0.6 is 11.6 Å². The molecule has 0 aliphatic heterocycles. The summed E-state index contributed by atoms with van der Waals surface area (Å²) in [5.74, 6) is -0.649. The number of rotatable bonds is 5. The normalized spacial score (nSPS) is 12.3. The van der Waals surface area contributed by atoms with E-state index in [2.05, 4.69) is 5.32 Å². The van der Waals surface area contributed by atoms with Crippen molar-refractivity contribution in [2.24, 2.45) is 5.92 Å². The highest BCUT2D eigenvalue weighted by Crippen LogP contribution is 2.27. The first kappa shape index (κ1) is 15.4. The molecule has 0 spiro atoms. The lowest BCUT2D eigenvalue weighted by Crippen LogP contribution is -2.35. The summed E-state index contributed by atoms with van der Waals surface area (Å²) in [6.45, 7) is 3.64. The minimum absolute atomic E-state index is 0.0188. The lowest BCUT2D eigenvalue weighted by Gasteiger charge is -2.15. The number of nitro benzene ring substituents is 1. The largest absolute Gasteiger partial charge is 0.391 e. The maximum atomic E-state index is 11.9. The molecule has 0 bridgehead atoms. The molecule has 1 amide bonds. The number of aliphatic hydroxyl groups is 1. The Bertz CT molecular complexity index is 491. The molecule has 0 radical (unpaired) electrons. The molecule has 0 heterocycles. The highest BCUT2D eigenvalue weighted by molar-refractivity contribution is 6.33. The minimum atomic E-state index is -0.706. The van der Waals surface area contributed by atoms with Gasteiger partial charge in [-0.15, -0.1) is 0 Å². The van der Waals surface area contributed by atoms with Gasteiger partial charge in [-0.1, -0.05) is 31.5 Å². The van der Waals surface area contributed by atoms with Gasteiger partial charge >= 0.3 is 5.69 Å². The van der Waals surface area contributed by atoms with Gasteiger partial charge in [0.15, 0.2) is 0 Å². The summed E-state index contributed by atoms with van der Waals surface area (Å²) >= 11 is 5.71. The molecule has 19 heavy (non-hydrogen) atoms. The van der Waals surface area contributed by atoms with E-state index in [1.54, 1.807) is 13.8 Å². The molecule has 0 aliphatic carbocycles. The van der Waals surface area contributed by atoms with Crippen LogP contribution in [0.1, 0.15) is 24.2 Å². The summed E-state index contributed by atoms with van der Waals surface area (Å²) in [7, 11) is 0. The number of carbonyl (C=O) groups is 1. The summed E-state index contributed by atoms with van der Waals surface area (Å²) in [5, 5.41) is 22.8. The van der Waals surface area contributed by atoms with Gasteiger partial charge in [0.2, 0.25) is 0 Å². The number of nitrogens with one attached hydrogen (secondary N) is 1. The van der Waals surface area contributed by atoms with Crippen LogP contribution in [-0.2, 0) is 0 Å². The van der Waals surface area contributed by atoms with Crippen LogP contribution in [0, 0.1) is 16.0 Å². The van der Waals surface area contributed by atoms with Gasteiger partial charge in [-0.25, -0.2) is 0 Å². The van der Waals surface area contributed by atoms with Crippen molar-refractivity contribution in [2.45, 2.75) is 20.0 Å². The molecular weight excluding hydrogens is 272 g/mol. The Balaban J connectivity index is 2.89. The van der Waals surface area contributed by atoms with Gasteiger partial charge in [-0.05, 0) is 18.1 Å². The highest BCUT2D eigenvalue weighted by atomic mass is 35.5. The van der Waals surface area contributed by atoms with Gasteiger partial charge in [0.25, 0.3) is 5.91 Å². The Kier molecular flexibility index (Phi) is 5.26. The Morgan fingerprint density at radius 1 is 1.53 bits per heavy atom. The van der Waals surface area contributed by atoms with E-state index in [1.807, 2.05) is 0 Å². The fraction of sp³-hybridized carbons (Fsp3) is 0.417. The summed E-state index contributed by atoms with van der Waals surface area (Å²) in [5.41, 5.74) is -0.547. The van der Waals surface area contributed by atoms with Crippen molar-refractivity contribution in [3.8, 4) is 0 Å². The second kappa shape index (κ2) is 6.49. The molecule has 0 aromatic heterocycles. The third kappa shape index (κ3) is 3.90. The first-order valence-corrected chi connectivity index (χ1v) is 6.11. The lowest BCUT2D eigenvalue weighted by atomic mass is 10.1. The van der Waals surface area contributed by atoms with Crippen molar-refractivity contribution < 1.29 is 14.8 Å². The SMILES string of the molecule is CC(C)C(O)CNC(=O)c1cccc(Cl)c1[N+](=O)[O-]. The van der Waals surface area contributed by atoms with Gasteiger partial charge in [0.1, 0.15) is 10.6 Å². The van der Waals surface area contributed by atoms with Crippen LogP contribution in [0.25, 0.3) is 0 Å². The van der Waals surface area contributed by atoms with E-state index >= 15 is 0 Å². The molecule has 7 heteroatoms. The summed E-state index contributed by atoms with van der Waals surface area (Å²) < 4.78 is 0. The number of hydrogen-bond acceptors (Lipinski definition) is 4. The fourth-order valence-corrected chi connectivity index (χ4v) is 1.66. The third-order valence-corrected chi connectivity index (χ3v) is 2.96. The summed E-state index contributed by atoms with van der Waals surface area (Å²) in [6.07, 6.45) is -0.706. The van der Waals surface area contributed by atoms with Crippen LogP contribution in [0.4, 0.5) is 5.69 Å². The quantitative estimate of drug-likeness (QED) is 0.639. The Labute approximate surface area is 115 Å². The number of para-hydroxylation sites is 1. The summed E-state index contributed by atoms with van der Waals surface area (Å²) in [6, 6.07) is 4.13. The topological polar surface area (TPSA) is 92.5 Å². The van der Waals surface area contributed by atoms with E-state index in [1.165, 1.54) is 18.2 Å². The van der Waals surface area contributed by atoms with E-state index in [9.17, 15) is 20.0 Å². The maximum Gasteiger partial charge on any atom is 0.300 e. The fourth-order valence-electron chi connectivity index (χ4n) is 1.41. The lowest BCUT2D eigenvalue weighted by molar-refractivity contribution is -0.385. The number of aliphatic hydroxyl groups excluding tert-OH is 1. The molecule has 0 aliphatic rings. The predicted molar refractivity (Wildman–Crippen MR) is 71.3 cm³/mol. The van der Waals surface area contributed by atoms with Crippen LogP contribution in [0.5, 0.6) is 0 Å². The molecule has 0 saturated heterocycles. The van der Waals surface area contributed by atoms with Gasteiger partial charge in [0.05, 0.1) is 11.0 Å². The molecule has 1 rings (SSSR count). The van der Waals surface area contributed by atoms with Crippen molar-refractivity contribution in [3.63, 3.8) is 0 Å². The number of hydrogen-bond donors (Lipinski definition) is 2. The summed E-state index contributed by atoms with van der Waals surface area (Å²) in [4.78, 5) is 22.1. The van der Waals surface area contributed by atoms with Gasteiger partial charge < -0.3 is 10.4 Å². The number of benzene rings is 1. The Hall–Kier alpha value is -1.66. The predicted octanol–water partition coefficient (Wildman–Crippen LogP) is 1.99. The molecule has 1 unspecified atom stereocenters. The van der Waals surface area contributed by atoms with Crippen molar-refractivity contribution in [2.75, 3.05) is 6.54 Å². The molecule has 2 N–H and O–H groups in total. The molecule has 0 fully saturated rings. The molecule has 0 saturated carbocycles. The second-order valence-corrected chi connectivity index (χ2v) is 4.82. The molecule has 1 aromatic rings. The van der Waals surface area contributed by atoms with E-state index in [-0.39, 0.29) is 23.0 Å². The smallest absolute Gasteiger partial charge is 0.300 e. The van der Waals surface area contributed by atoms with Gasteiger partial charge in [0, 0.05) is 6.54 Å². The Morgan fingerprint density at radius 2 is 2.16 bits per heavy atom. The van der Waals surface area contributed by atoms with Crippen molar-refractivity contribution in [1.82, 2.24) is 5.32 Å². The second-order valence-electron chi connectivity index (χ2n) is 4.41. The van der Waals surface area contributed by atoms with E-state index in [0.29, 0.717) is 0 Å². The van der Waals surface area contributed by atoms with Crippen LogP contribution in [0.15, 0.2) is 18.2 Å². The molecule has 104 valence electrons. The Morgan fingerprint density at radius 3 is 2.68 bits per heavy atom.